The van der Waals surface area contributed by atoms with Crippen LogP contribution in [0.3, 0.4) is 0 Å². The highest BCUT2D eigenvalue weighted by atomic mass is 16.7. The molecule has 2 aliphatic carbocycles. The lowest BCUT2D eigenvalue weighted by Gasteiger charge is -2.43. The van der Waals surface area contributed by atoms with Crippen molar-refractivity contribution in [2.24, 2.45) is 16.7 Å². The lowest BCUT2D eigenvalue weighted by Crippen LogP contribution is -2.60. The maximum absolute atomic E-state index is 12.6. The minimum absolute atomic E-state index is 0.0231. The molecular formula is C63H98O8. The van der Waals surface area contributed by atoms with Crippen molar-refractivity contribution < 1.29 is 39.4 Å². The van der Waals surface area contributed by atoms with E-state index in [4.69, 9.17) is 14.2 Å². The van der Waals surface area contributed by atoms with E-state index in [1.807, 2.05) is 0 Å². The predicted molar refractivity (Wildman–Crippen MR) is 296 cm³/mol. The third-order valence-electron chi connectivity index (χ3n) is 14.3. The summed E-state index contributed by atoms with van der Waals surface area (Å²) in [5.74, 6) is 0.453. The van der Waals surface area contributed by atoms with Crippen LogP contribution in [-0.2, 0) is 19.0 Å². The van der Waals surface area contributed by atoms with Crippen LogP contribution in [0.1, 0.15) is 192 Å². The van der Waals surface area contributed by atoms with Gasteiger partial charge in [-0.3, -0.25) is 4.79 Å². The zero-order chi connectivity index (χ0) is 52.6. The third kappa shape index (κ3) is 23.4. The highest BCUT2D eigenvalue weighted by Gasteiger charge is 2.46. The van der Waals surface area contributed by atoms with E-state index in [0.29, 0.717) is 19.3 Å². The molecule has 0 aromatic heterocycles. The van der Waals surface area contributed by atoms with Crippen molar-refractivity contribution >= 4 is 5.97 Å². The van der Waals surface area contributed by atoms with Gasteiger partial charge in [-0.25, -0.2) is 0 Å². The minimum atomic E-state index is -1.50. The Hall–Kier alpha value is -3.63. The van der Waals surface area contributed by atoms with E-state index in [-0.39, 0.29) is 35.6 Å². The topological polar surface area (TPSA) is 126 Å². The molecular weight excluding hydrogens is 885 g/mol. The zero-order valence-electron chi connectivity index (χ0n) is 46.4. The first kappa shape index (κ1) is 61.7. The van der Waals surface area contributed by atoms with E-state index in [2.05, 4.69) is 168 Å². The average molecular weight is 983 g/mol. The number of carbonyl (C=O) groups is 1. The number of unbranched alkanes of at least 4 members (excludes halogenated alkanes) is 10. The summed E-state index contributed by atoms with van der Waals surface area (Å²) in [7, 11) is 0. The van der Waals surface area contributed by atoms with Crippen LogP contribution >= 0.6 is 0 Å². The second kappa shape index (κ2) is 31.8. The molecule has 1 fully saturated rings. The first-order chi connectivity index (χ1) is 33.6. The molecule has 3 rings (SSSR count). The molecule has 71 heavy (non-hydrogen) atoms. The van der Waals surface area contributed by atoms with Crippen molar-refractivity contribution in [1.82, 2.24) is 0 Å². The largest absolute Gasteiger partial charge is 0.463 e. The first-order valence-electron chi connectivity index (χ1n) is 27.3. The van der Waals surface area contributed by atoms with Crippen molar-refractivity contribution in [1.29, 1.82) is 0 Å². The Morgan fingerprint density at radius 3 is 1.55 bits per heavy atom. The van der Waals surface area contributed by atoms with Gasteiger partial charge in [0.1, 0.15) is 31.0 Å². The summed E-state index contributed by atoms with van der Waals surface area (Å²) >= 11 is 0. The maximum Gasteiger partial charge on any atom is 0.305 e. The molecule has 8 nitrogen and oxygen atoms in total. The van der Waals surface area contributed by atoms with Crippen LogP contribution in [0.2, 0.25) is 0 Å². The van der Waals surface area contributed by atoms with Gasteiger partial charge in [-0.05, 0) is 102 Å². The Balaban J connectivity index is 1.42. The van der Waals surface area contributed by atoms with Crippen molar-refractivity contribution in [3.05, 3.63) is 130 Å². The molecule has 0 bridgehead atoms. The summed E-state index contributed by atoms with van der Waals surface area (Å²) in [5, 5.41) is 42.5. The van der Waals surface area contributed by atoms with Crippen LogP contribution in [0.4, 0.5) is 0 Å². The molecule has 0 aromatic carbocycles. The molecule has 1 aliphatic heterocycles. The Morgan fingerprint density at radius 2 is 1.06 bits per heavy atom. The molecule has 1 heterocycles. The molecule has 0 spiro atoms. The van der Waals surface area contributed by atoms with E-state index in [1.165, 1.54) is 85.7 Å². The number of aliphatic hydroxyl groups excluding tert-OH is 4. The third-order valence-corrected chi connectivity index (χ3v) is 14.3. The molecule has 0 amide bonds. The molecule has 4 N–H and O–H groups in total. The number of hydrogen-bond acceptors (Lipinski definition) is 8. The fourth-order valence-corrected chi connectivity index (χ4v) is 10.2. The molecule has 7 atom stereocenters. The van der Waals surface area contributed by atoms with E-state index in [0.717, 1.165) is 54.7 Å². The van der Waals surface area contributed by atoms with Crippen molar-refractivity contribution in [3.63, 3.8) is 0 Å². The number of allylic oxidation sites excluding steroid dienone is 20. The molecule has 0 aromatic rings. The monoisotopic (exact) mass is 983 g/mol. The van der Waals surface area contributed by atoms with Gasteiger partial charge in [0.2, 0.25) is 0 Å². The van der Waals surface area contributed by atoms with Gasteiger partial charge in [0.05, 0.1) is 12.2 Å². The molecule has 1 saturated heterocycles. The Kier molecular flexibility index (Phi) is 27.7. The van der Waals surface area contributed by atoms with Gasteiger partial charge in [0.25, 0.3) is 0 Å². The second-order valence-electron chi connectivity index (χ2n) is 22.8. The summed E-state index contributed by atoms with van der Waals surface area (Å²) in [5.41, 5.74) is 9.33. The van der Waals surface area contributed by atoms with Gasteiger partial charge in [-0.1, -0.05) is 231 Å². The Bertz CT molecular complexity index is 1990. The summed E-state index contributed by atoms with van der Waals surface area (Å²) in [4.78, 5) is 12.6. The van der Waals surface area contributed by atoms with Crippen LogP contribution < -0.4 is 0 Å². The molecule has 3 aliphatic rings. The van der Waals surface area contributed by atoms with E-state index < -0.39 is 30.7 Å². The summed E-state index contributed by atoms with van der Waals surface area (Å²) < 4.78 is 17.8. The SMILES string of the molecule is CC1=C(/C=C/C(C)=C/C=C/C(C)=C/C=C/C=C(C)/C=C/C=C(C)/C=C/C2=C(C)C[C@@H](OC3O[C@H](COC(=O)CCCCCCCCCCCCCC(C)C)[C@@H](O)[C@H](O)[C@H]3O)CC2(C)C)C(C)(C)C[C@H](O)C1. The normalized spacial score (nSPS) is 26.2. The van der Waals surface area contributed by atoms with Gasteiger partial charge in [0.15, 0.2) is 6.29 Å². The van der Waals surface area contributed by atoms with Crippen LogP contribution in [0.25, 0.3) is 0 Å². The molecule has 1 unspecified atom stereocenters. The maximum atomic E-state index is 12.6. The minimum Gasteiger partial charge on any atom is -0.463 e. The van der Waals surface area contributed by atoms with Crippen LogP contribution in [0.5, 0.6) is 0 Å². The second-order valence-corrected chi connectivity index (χ2v) is 22.8. The van der Waals surface area contributed by atoms with E-state index in [1.54, 1.807) is 0 Å². The van der Waals surface area contributed by atoms with Gasteiger partial charge in [-0.15, -0.1) is 0 Å². The fraction of sp³-hybridized carbons (Fsp3) is 0.635. The highest BCUT2D eigenvalue weighted by molar-refractivity contribution is 5.69. The highest BCUT2D eigenvalue weighted by Crippen LogP contribution is 2.43. The first-order valence-corrected chi connectivity index (χ1v) is 27.3. The average Bonchev–Trinajstić information content (AvgIpc) is 3.27. The quantitative estimate of drug-likeness (QED) is 0.0347. The summed E-state index contributed by atoms with van der Waals surface area (Å²) in [6.07, 6.45) is 40.2. The van der Waals surface area contributed by atoms with E-state index in [9.17, 15) is 25.2 Å². The van der Waals surface area contributed by atoms with E-state index >= 15 is 0 Å². The number of carbonyl (C=O) groups excluding carboxylic acids is 1. The molecule has 0 saturated carbocycles. The standard InChI is InChI=1S/C63H98O8/c1-45(2)28-22-20-18-16-14-13-15-17-19-21-23-35-57(65)69-44-56-58(66)59(67)60(68)61(71-56)70-53-41-51(8)55(63(11,12)43-53)39-37-49(6)34-27-32-47(4)30-25-24-29-46(3)31-26-33-48(5)36-38-54-50(7)40-52(64)42-62(54,9)10/h24-27,29-34,36-39,45,52-53,56,58-61,64,66-68H,13-23,28,35,40-44H2,1-12H3/b25-24+,31-26+,32-27+,38-36+,39-37+,46-29+,47-30+,48-33+,49-34+/t52-,53-,56-,58-,59+,60-,61?/m1/s1. The van der Waals surface area contributed by atoms with Crippen LogP contribution in [0, 0.1) is 16.7 Å². The van der Waals surface area contributed by atoms with Crippen LogP contribution in [0.15, 0.2) is 130 Å². The van der Waals surface area contributed by atoms with Gasteiger partial charge >= 0.3 is 5.97 Å². The van der Waals surface area contributed by atoms with Crippen LogP contribution in [-0.4, -0.2) is 75.9 Å². The Morgan fingerprint density at radius 1 is 0.606 bits per heavy atom. The molecule has 398 valence electrons. The number of ether oxygens (including phenoxy) is 3. The smallest absolute Gasteiger partial charge is 0.305 e. The summed E-state index contributed by atoms with van der Waals surface area (Å²) in [6, 6.07) is 0. The van der Waals surface area contributed by atoms with Crippen molar-refractivity contribution in [2.75, 3.05) is 6.61 Å². The summed E-state index contributed by atoms with van der Waals surface area (Å²) in [6.45, 7) is 25.7. The molecule has 0 radical (unpaired) electrons. The van der Waals surface area contributed by atoms with Gasteiger partial charge in [0, 0.05) is 6.42 Å². The number of esters is 1. The number of hydrogen-bond donors (Lipinski definition) is 4. The van der Waals surface area contributed by atoms with Crippen molar-refractivity contribution in [3.8, 4) is 0 Å². The predicted octanol–water partition coefficient (Wildman–Crippen LogP) is 14.6. The van der Waals surface area contributed by atoms with Gasteiger partial charge in [-0.2, -0.15) is 0 Å². The lowest BCUT2D eigenvalue weighted by molar-refractivity contribution is -0.313. The van der Waals surface area contributed by atoms with Gasteiger partial charge < -0.3 is 34.6 Å². The fourth-order valence-electron chi connectivity index (χ4n) is 10.2. The Labute approximate surface area is 431 Å². The molecule has 8 heteroatoms. The zero-order valence-corrected chi connectivity index (χ0v) is 46.4. The van der Waals surface area contributed by atoms with Crippen molar-refractivity contribution in [2.45, 2.75) is 235 Å². The number of rotatable bonds is 28. The lowest BCUT2D eigenvalue weighted by atomic mass is 9.71. The number of aliphatic hydroxyl groups is 4.